The zero-order chi connectivity index (χ0) is 6.57. The zero-order valence-electron chi connectivity index (χ0n) is 6.10. The quantitative estimate of drug-likeness (QED) is 0.390. The molecule has 0 radical (unpaired) electrons. The van der Waals surface area contributed by atoms with E-state index in [0.717, 1.165) is 6.42 Å². The van der Waals surface area contributed by atoms with Gasteiger partial charge in [0.2, 0.25) is 0 Å². The van der Waals surface area contributed by atoms with Gasteiger partial charge in [-0.2, -0.15) is 5.10 Å². The second kappa shape index (κ2) is 3.47. The van der Waals surface area contributed by atoms with Gasteiger partial charge in [0.25, 0.3) is 0 Å². The van der Waals surface area contributed by atoms with Crippen LogP contribution in [0.3, 0.4) is 0 Å². The Labute approximate surface area is 51.2 Å². The standard InChI is InChI=1S/C6H14N2/c1-5-6(2)7-8(3)4/h5H2,1-4H3. The Kier molecular flexibility index (Phi) is 3.24. The van der Waals surface area contributed by atoms with Crippen LogP contribution < -0.4 is 0 Å². The van der Waals surface area contributed by atoms with Gasteiger partial charge in [0.15, 0.2) is 0 Å². The number of nitrogens with zero attached hydrogens (tertiary/aromatic N) is 2. The van der Waals surface area contributed by atoms with Crippen LogP contribution in [0.4, 0.5) is 0 Å². The third-order valence-corrected chi connectivity index (χ3v) is 0.882. The van der Waals surface area contributed by atoms with Gasteiger partial charge in [-0.25, -0.2) is 0 Å². The fourth-order valence-corrected chi connectivity index (χ4v) is 0.412. The van der Waals surface area contributed by atoms with Crippen LogP contribution in [-0.2, 0) is 0 Å². The molecule has 2 heteroatoms. The molecule has 0 spiro atoms. The Hall–Kier alpha value is -0.530. The summed E-state index contributed by atoms with van der Waals surface area (Å²) in [4.78, 5) is 0. The predicted octanol–water partition coefficient (Wildman–Crippen LogP) is 1.33. The van der Waals surface area contributed by atoms with Crippen LogP contribution in [0.2, 0.25) is 0 Å². The molecule has 0 unspecified atom stereocenters. The van der Waals surface area contributed by atoms with Crippen LogP contribution in [0.1, 0.15) is 20.3 Å². The van der Waals surface area contributed by atoms with E-state index in [1.807, 2.05) is 26.0 Å². The number of rotatable bonds is 2. The average Bonchev–Trinajstić information content (AvgIpc) is 1.65. The van der Waals surface area contributed by atoms with Gasteiger partial charge >= 0.3 is 0 Å². The lowest BCUT2D eigenvalue weighted by molar-refractivity contribution is 0.436. The molecule has 0 amide bonds. The van der Waals surface area contributed by atoms with E-state index in [4.69, 9.17) is 0 Å². The smallest absolute Gasteiger partial charge is 0.0346 e. The van der Waals surface area contributed by atoms with Gasteiger partial charge in [0, 0.05) is 19.8 Å². The summed E-state index contributed by atoms with van der Waals surface area (Å²) < 4.78 is 0. The van der Waals surface area contributed by atoms with Crippen molar-refractivity contribution >= 4 is 5.71 Å². The summed E-state index contributed by atoms with van der Waals surface area (Å²) in [5, 5.41) is 5.96. The summed E-state index contributed by atoms with van der Waals surface area (Å²) in [6.45, 7) is 4.13. The Morgan fingerprint density at radius 3 is 2.12 bits per heavy atom. The molecule has 0 rings (SSSR count). The molecule has 0 saturated heterocycles. The van der Waals surface area contributed by atoms with Crippen LogP contribution in [0.15, 0.2) is 5.10 Å². The van der Waals surface area contributed by atoms with Gasteiger partial charge in [-0.15, -0.1) is 0 Å². The van der Waals surface area contributed by atoms with Crippen molar-refractivity contribution in [3.63, 3.8) is 0 Å². The van der Waals surface area contributed by atoms with E-state index in [0.29, 0.717) is 0 Å². The van der Waals surface area contributed by atoms with Gasteiger partial charge in [-0.3, -0.25) is 0 Å². The molecule has 2 nitrogen and oxygen atoms in total. The largest absolute Gasteiger partial charge is 0.303 e. The van der Waals surface area contributed by atoms with Crippen LogP contribution in [0.5, 0.6) is 0 Å². The third-order valence-electron chi connectivity index (χ3n) is 0.882. The minimum atomic E-state index is 1.04. The second-order valence-electron chi connectivity index (χ2n) is 2.04. The van der Waals surface area contributed by atoms with Gasteiger partial charge in [0.1, 0.15) is 0 Å². The molecule has 0 aliphatic heterocycles. The average molecular weight is 114 g/mol. The SMILES string of the molecule is CCC(C)=NN(C)C. The lowest BCUT2D eigenvalue weighted by Crippen LogP contribution is -2.05. The minimum absolute atomic E-state index is 1.04. The highest BCUT2D eigenvalue weighted by molar-refractivity contribution is 5.81. The van der Waals surface area contributed by atoms with Crippen molar-refractivity contribution in [1.82, 2.24) is 5.01 Å². The van der Waals surface area contributed by atoms with Gasteiger partial charge in [0.05, 0.1) is 0 Å². The summed E-state index contributed by atoms with van der Waals surface area (Å²) in [7, 11) is 3.86. The highest BCUT2D eigenvalue weighted by Crippen LogP contribution is 1.84. The lowest BCUT2D eigenvalue weighted by atomic mass is 10.3. The third kappa shape index (κ3) is 3.65. The Bertz CT molecular complexity index is 84.5. The maximum atomic E-state index is 4.15. The first-order chi connectivity index (χ1) is 3.66. The molecule has 48 valence electrons. The van der Waals surface area contributed by atoms with Crippen molar-refractivity contribution in [2.24, 2.45) is 5.10 Å². The molecule has 0 bridgehead atoms. The molecule has 0 aromatic carbocycles. The molecular formula is C6H14N2. The molecule has 8 heavy (non-hydrogen) atoms. The molecule has 0 aliphatic carbocycles. The number of hydrogen-bond donors (Lipinski definition) is 0. The van der Waals surface area contributed by atoms with Gasteiger partial charge in [-0.1, -0.05) is 6.92 Å². The molecule has 0 heterocycles. The van der Waals surface area contributed by atoms with E-state index in [2.05, 4.69) is 12.0 Å². The number of hydrogen-bond acceptors (Lipinski definition) is 2. The first-order valence-electron chi connectivity index (χ1n) is 2.88. The van der Waals surface area contributed by atoms with Crippen LogP contribution in [-0.4, -0.2) is 24.8 Å². The Morgan fingerprint density at radius 2 is 2.00 bits per heavy atom. The van der Waals surface area contributed by atoms with Crippen molar-refractivity contribution in [1.29, 1.82) is 0 Å². The summed E-state index contributed by atoms with van der Waals surface area (Å²) in [5.74, 6) is 0. The molecular weight excluding hydrogens is 100 g/mol. The molecule has 0 aromatic heterocycles. The van der Waals surface area contributed by atoms with Gasteiger partial charge in [-0.05, 0) is 13.3 Å². The van der Waals surface area contributed by atoms with Crippen molar-refractivity contribution in [3.05, 3.63) is 0 Å². The molecule has 0 aliphatic rings. The topological polar surface area (TPSA) is 15.6 Å². The lowest BCUT2D eigenvalue weighted by Gasteiger charge is -2.04. The minimum Gasteiger partial charge on any atom is -0.303 e. The monoisotopic (exact) mass is 114 g/mol. The summed E-state index contributed by atoms with van der Waals surface area (Å²) in [6.07, 6.45) is 1.04. The summed E-state index contributed by atoms with van der Waals surface area (Å²) in [6, 6.07) is 0. The Balaban J connectivity index is 3.56. The normalized spacial score (nSPS) is 11.8. The molecule has 0 fully saturated rings. The second-order valence-corrected chi connectivity index (χ2v) is 2.04. The van der Waals surface area contributed by atoms with E-state index in [9.17, 15) is 0 Å². The van der Waals surface area contributed by atoms with E-state index >= 15 is 0 Å². The highest BCUT2D eigenvalue weighted by Gasteiger charge is 1.83. The predicted molar refractivity (Wildman–Crippen MR) is 37.1 cm³/mol. The van der Waals surface area contributed by atoms with Crippen molar-refractivity contribution in [2.75, 3.05) is 14.1 Å². The first kappa shape index (κ1) is 7.47. The highest BCUT2D eigenvalue weighted by atomic mass is 15.4. The first-order valence-corrected chi connectivity index (χ1v) is 2.88. The summed E-state index contributed by atoms with van der Waals surface area (Å²) in [5.41, 5.74) is 1.18. The van der Waals surface area contributed by atoms with E-state index in [1.54, 1.807) is 0 Å². The Morgan fingerprint density at radius 1 is 1.50 bits per heavy atom. The van der Waals surface area contributed by atoms with E-state index in [1.165, 1.54) is 5.71 Å². The van der Waals surface area contributed by atoms with Crippen LogP contribution >= 0.6 is 0 Å². The zero-order valence-corrected chi connectivity index (χ0v) is 6.10. The van der Waals surface area contributed by atoms with E-state index < -0.39 is 0 Å². The van der Waals surface area contributed by atoms with Gasteiger partial charge < -0.3 is 5.01 Å². The summed E-state index contributed by atoms with van der Waals surface area (Å²) >= 11 is 0. The van der Waals surface area contributed by atoms with Crippen LogP contribution in [0.25, 0.3) is 0 Å². The fourth-order valence-electron chi connectivity index (χ4n) is 0.412. The number of hydrazone groups is 1. The van der Waals surface area contributed by atoms with Crippen molar-refractivity contribution in [2.45, 2.75) is 20.3 Å². The van der Waals surface area contributed by atoms with Crippen LogP contribution in [0, 0.1) is 0 Å². The van der Waals surface area contributed by atoms with E-state index in [-0.39, 0.29) is 0 Å². The molecule has 0 aromatic rings. The maximum Gasteiger partial charge on any atom is 0.0346 e. The molecule has 0 saturated carbocycles. The maximum absolute atomic E-state index is 4.15. The molecule has 0 atom stereocenters. The van der Waals surface area contributed by atoms with Crippen molar-refractivity contribution in [3.8, 4) is 0 Å². The van der Waals surface area contributed by atoms with Crippen molar-refractivity contribution < 1.29 is 0 Å². The fraction of sp³-hybridized carbons (Fsp3) is 0.833. The molecule has 0 N–H and O–H groups in total.